The summed E-state index contributed by atoms with van der Waals surface area (Å²) in [5, 5.41) is 13.1. The molecule has 2 unspecified atom stereocenters. The summed E-state index contributed by atoms with van der Waals surface area (Å²) in [6.07, 6.45) is 1.27. The lowest BCUT2D eigenvalue weighted by Crippen LogP contribution is -2.52. The molecule has 3 rings (SSSR count). The van der Waals surface area contributed by atoms with Crippen LogP contribution in [0.25, 0.3) is 10.4 Å². The van der Waals surface area contributed by atoms with Gasteiger partial charge >= 0.3 is 0 Å². The van der Waals surface area contributed by atoms with E-state index in [1.807, 2.05) is 13.8 Å². The highest BCUT2D eigenvalue weighted by Crippen LogP contribution is 2.34. The molecule has 2 aromatic rings. The number of aromatic nitrogens is 1. The Bertz CT molecular complexity index is 946. The number of hydrogen-bond acceptors (Lipinski definition) is 6. The zero-order valence-corrected chi connectivity index (χ0v) is 18.1. The number of thiazole rings is 1. The monoisotopic (exact) mass is 434 g/mol. The van der Waals surface area contributed by atoms with Crippen LogP contribution in [0.2, 0.25) is 0 Å². The first-order chi connectivity index (χ1) is 14.2. The standard InChI is InChI=1S/C21H27FN4O3S/c1-11(2)18(23)21(29)26-6-4-5-16(26)20(28)24-9-13-7-15(22)14(8-17(13)27)19-12(3)25-10-30-19/h7-8,10-11,16,18,27H,4-6,9,23H2,1-3H3,(H,24,28). The Morgan fingerprint density at radius 3 is 2.80 bits per heavy atom. The number of nitrogens with two attached hydrogens (primary N) is 1. The van der Waals surface area contributed by atoms with E-state index in [0.717, 1.165) is 6.42 Å². The van der Waals surface area contributed by atoms with E-state index < -0.39 is 17.9 Å². The lowest BCUT2D eigenvalue weighted by atomic mass is 10.0. The van der Waals surface area contributed by atoms with Crippen molar-refractivity contribution in [2.24, 2.45) is 11.7 Å². The lowest BCUT2D eigenvalue weighted by molar-refractivity contribution is -0.140. The van der Waals surface area contributed by atoms with Gasteiger partial charge in [-0.05, 0) is 37.8 Å². The minimum atomic E-state index is -0.653. The van der Waals surface area contributed by atoms with E-state index in [4.69, 9.17) is 5.73 Å². The molecule has 0 aliphatic carbocycles. The zero-order chi connectivity index (χ0) is 22.0. The average molecular weight is 435 g/mol. The molecule has 2 atom stereocenters. The van der Waals surface area contributed by atoms with Crippen LogP contribution in [0.3, 0.4) is 0 Å². The number of nitrogens with one attached hydrogen (secondary N) is 1. The van der Waals surface area contributed by atoms with Crippen LogP contribution in [-0.4, -0.2) is 45.4 Å². The van der Waals surface area contributed by atoms with E-state index >= 15 is 0 Å². The summed E-state index contributed by atoms with van der Waals surface area (Å²) in [4.78, 5) is 31.6. The molecule has 0 saturated carbocycles. The highest BCUT2D eigenvalue weighted by molar-refractivity contribution is 7.13. The fourth-order valence-electron chi connectivity index (χ4n) is 3.56. The van der Waals surface area contributed by atoms with Crippen LogP contribution >= 0.6 is 11.3 Å². The number of likely N-dealkylation sites (tertiary alicyclic amines) is 1. The molecule has 2 heterocycles. The summed E-state index contributed by atoms with van der Waals surface area (Å²) in [6, 6.07) is 1.31. The number of nitrogens with zero attached hydrogens (tertiary/aromatic N) is 2. The van der Waals surface area contributed by atoms with Crippen molar-refractivity contribution < 1.29 is 19.1 Å². The molecule has 1 aliphatic rings. The first kappa shape index (κ1) is 22.2. The van der Waals surface area contributed by atoms with Gasteiger partial charge in [0, 0.05) is 24.2 Å². The Kier molecular flexibility index (Phi) is 6.72. The van der Waals surface area contributed by atoms with E-state index in [2.05, 4.69) is 10.3 Å². The first-order valence-electron chi connectivity index (χ1n) is 9.96. The molecule has 7 nitrogen and oxygen atoms in total. The van der Waals surface area contributed by atoms with Gasteiger partial charge in [-0.2, -0.15) is 0 Å². The summed E-state index contributed by atoms with van der Waals surface area (Å²) >= 11 is 1.29. The van der Waals surface area contributed by atoms with Gasteiger partial charge in [-0.3, -0.25) is 9.59 Å². The van der Waals surface area contributed by atoms with Crippen LogP contribution in [0.15, 0.2) is 17.6 Å². The maximum absolute atomic E-state index is 14.6. The van der Waals surface area contributed by atoms with E-state index in [9.17, 15) is 19.1 Å². The number of amides is 2. The fraction of sp³-hybridized carbons (Fsp3) is 0.476. The molecular weight excluding hydrogens is 407 g/mol. The predicted molar refractivity (Wildman–Crippen MR) is 113 cm³/mol. The minimum absolute atomic E-state index is 0.0255. The molecule has 1 aromatic heterocycles. The second kappa shape index (κ2) is 9.09. The third-order valence-corrected chi connectivity index (χ3v) is 6.42. The number of carbonyl (C=O) groups is 2. The molecule has 9 heteroatoms. The number of aromatic hydroxyl groups is 1. The maximum atomic E-state index is 14.6. The van der Waals surface area contributed by atoms with Crippen LogP contribution in [0.1, 0.15) is 37.9 Å². The quantitative estimate of drug-likeness (QED) is 0.648. The molecule has 30 heavy (non-hydrogen) atoms. The topological polar surface area (TPSA) is 109 Å². The van der Waals surface area contributed by atoms with Crippen LogP contribution < -0.4 is 11.1 Å². The third-order valence-electron chi connectivity index (χ3n) is 5.45. The zero-order valence-electron chi connectivity index (χ0n) is 17.3. The summed E-state index contributed by atoms with van der Waals surface area (Å²) in [7, 11) is 0. The van der Waals surface area contributed by atoms with Crippen LogP contribution in [0, 0.1) is 18.7 Å². The van der Waals surface area contributed by atoms with Crippen molar-refractivity contribution in [2.45, 2.75) is 52.2 Å². The molecule has 4 N–H and O–H groups in total. The number of rotatable bonds is 6. The van der Waals surface area contributed by atoms with Crippen LogP contribution in [0.4, 0.5) is 4.39 Å². The van der Waals surface area contributed by atoms with Gasteiger partial charge in [-0.15, -0.1) is 11.3 Å². The van der Waals surface area contributed by atoms with Crippen molar-refractivity contribution in [1.82, 2.24) is 15.2 Å². The van der Waals surface area contributed by atoms with Crippen molar-refractivity contribution in [3.8, 4) is 16.2 Å². The third kappa shape index (κ3) is 4.46. The predicted octanol–water partition coefficient (Wildman–Crippen LogP) is 2.55. The van der Waals surface area contributed by atoms with Crippen molar-refractivity contribution >= 4 is 23.2 Å². The Balaban J connectivity index is 1.69. The van der Waals surface area contributed by atoms with E-state index in [1.54, 1.807) is 12.4 Å². The highest BCUT2D eigenvalue weighted by atomic mass is 32.1. The number of phenolic OH excluding ortho intramolecular Hbond substituents is 1. The lowest BCUT2D eigenvalue weighted by Gasteiger charge is -2.28. The number of aryl methyl sites for hydroxylation is 1. The smallest absolute Gasteiger partial charge is 0.243 e. The second-order valence-corrected chi connectivity index (χ2v) is 8.76. The Hall–Kier alpha value is -2.52. The molecule has 1 aliphatic heterocycles. The summed E-state index contributed by atoms with van der Waals surface area (Å²) in [6.45, 7) is 5.94. The summed E-state index contributed by atoms with van der Waals surface area (Å²) in [5.74, 6) is -1.20. The summed E-state index contributed by atoms with van der Waals surface area (Å²) < 4.78 is 14.6. The number of carbonyl (C=O) groups excluding carboxylic acids is 2. The number of hydrogen-bond donors (Lipinski definition) is 3. The molecule has 162 valence electrons. The van der Waals surface area contributed by atoms with Crippen molar-refractivity contribution in [3.05, 3.63) is 34.7 Å². The van der Waals surface area contributed by atoms with Gasteiger partial charge in [0.1, 0.15) is 17.6 Å². The Morgan fingerprint density at radius 2 is 2.17 bits per heavy atom. The van der Waals surface area contributed by atoms with E-state index in [-0.39, 0.29) is 41.2 Å². The van der Waals surface area contributed by atoms with Crippen molar-refractivity contribution in [3.63, 3.8) is 0 Å². The van der Waals surface area contributed by atoms with Crippen molar-refractivity contribution in [2.75, 3.05) is 6.54 Å². The highest BCUT2D eigenvalue weighted by Gasteiger charge is 2.36. The Morgan fingerprint density at radius 1 is 1.43 bits per heavy atom. The van der Waals surface area contributed by atoms with Crippen molar-refractivity contribution in [1.29, 1.82) is 0 Å². The van der Waals surface area contributed by atoms with Gasteiger partial charge in [0.25, 0.3) is 0 Å². The van der Waals surface area contributed by atoms with Gasteiger partial charge < -0.3 is 21.1 Å². The number of phenols is 1. The first-order valence-corrected chi connectivity index (χ1v) is 10.8. The molecule has 2 amide bonds. The van der Waals surface area contributed by atoms with Gasteiger partial charge in [0.15, 0.2) is 0 Å². The van der Waals surface area contributed by atoms with Crippen LogP contribution in [-0.2, 0) is 16.1 Å². The SMILES string of the molecule is Cc1ncsc1-c1cc(O)c(CNC(=O)C2CCCN2C(=O)C(N)C(C)C)cc1F. The maximum Gasteiger partial charge on any atom is 0.243 e. The van der Waals surface area contributed by atoms with E-state index in [1.165, 1.54) is 28.4 Å². The van der Waals surface area contributed by atoms with Gasteiger partial charge in [0.2, 0.25) is 11.8 Å². The van der Waals surface area contributed by atoms with Gasteiger partial charge in [-0.1, -0.05) is 13.8 Å². The molecule has 0 radical (unpaired) electrons. The average Bonchev–Trinajstić information content (AvgIpc) is 3.36. The summed E-state index contributed by atoms with van der Waals surface area (Å²) in [5.41, 5.74) is 8.81. The molecule has 1 fully saturated rings. The number of halogens is 1. The normalized spacial score (nSPS) is 17.4. The molecule has 1 aromatic carbocycles. The molecular formula is C21H27FN4O3S. The number of benzene rings is 1. The minimum Gasteiger partial charge on any atom is -0.508 e. The van der Waals surface area contributed by atoms with Crippen LogP contribution in [0.5, 0.6) is 5.75 Å². The second-order valence-electron chi connectivity index (χ2n) is 7.90. The largest absolute Gasteiger partial charge is 0.508 e. The Labute approximate surface area is 179 Å². The molecule has 0 spiro atoms. The molecule has 0 bridgehead atoms. The fourth-order valence-corrected chi connectivity index (χ4v) is 4.38. The molecule has 1 saturated heterocycles. The van der Waals surface area contributed by atoms with Gasteiger partial charge in [-0.25, -0.2) is 9.37 Å². The van der Waals surface area contributed by atoms with E-state index in [0.29, 0.717) is 23.5 Å². The van der Waals surface area contributed by atoms with Gasteiger partial charge in [0.05, 0.1) is 22.1 Å².